The normalized spacial score (nSPS) is 17.9. The van der Waals surface area contributed by atoms with Crippen LogP contribution >= 0.6 is 0 Å². The van der Waals surface area contributed by atoms with E-state index >= 15 is 0 Å². The van der Waals surface area contributed by atoms with Crippen LogP contribution in [0.3, 0.4) is 0 Å². The van der Waals surface area contributed by atoms with Gasteiger partial charge in [-0.25, -0.2) is 4.79 Å². The van der Waals surface area contributed by atoms with Crippen LogP contribution in [0.25, 0.3) is 5.76 Å². The Balaban J connectivity index is 2.15. The highest BCUT2D eigenvalue weighted by atomic mass is 16.5. The molecule has 1 aliphatic heterocycles. The second-order valence-electron chi connectivity index (χ2n) is 8.18. The molecule has 1 atom stereocenters. The maximum Gasteiger partial charge on any atom is 0.354 e. The first-order valence-electron chi connectivity index (χ1n) is 10.4. The van der Waals surface area contributed by atoms with Crippen molar-refractivity contribution in [3.05, 3.63) is 58.2 Å². The Morgan fingerprint density at radius 3 is 2.50 bits per heavy atom. The van der Waals surface area contributed by atoms with Crippen LogP contribution in [0.2, 0.25) is 0 Å². The van der Waals surface area contributed by atoms with Gasteiger partial charge in [-0.2, -0.15) is 0 Å². The molecule has 1 aliphatic rings. The second-order valence-corrected chi connectivity index (χ2v) is 8.18. The monoisotopic (exact) mass is 440 g/mol. The minimum absolute atomic E-state index is 0.111. The molecule has 2 N–H and O–H groups in total. The minimum Gasteiger partial charge on any atom is -0.872 e. The minimum atomic E-state index is -0.811. The summed E-state index contributed by atoms with van der Waals surface area (Å²) in [6.07, 6.45) is 3.81. The fourth-order valence-electron chi connectivity index (χ4n) is 4.13. The predicted molar refractivity (Wildman–Crippen MR) is 115 cm³/mol. The van der Waals surface area contributed by atoms with Crippen LogP contribution in [0.4, 0.5) is 0 Å². The molecule has 0 saturated carbocycles. The zero-order chi connectivity index (χ0) is 23.6. The summed E-state index contributed by atoms with van der Waals surface area (Å²) < 4.78 is 4.77. The topological polar surface area (TPSA) is 120 Å². The number of carbonyl (C=O) groups is 3. The Hall–Kier alpha value is -3.46. The molecule has 1 fully saturated rings. The largest absolute Gasteiger partial charge is 0.872 e. The summed E-state index contributed by atoms with van der Waals surface area (Å²) in [5, 5.41) is 13.7. The molecule has 32 heavy (non-hydrogen) atoms. The third-order valence-electron chi connectivity index (χ3n) is 5.68. The van der Waals surface area contributed by atoms with E-state index in [9.17, 15) is 19.5 Å². The van der Waals surface area contributed by atoms with Crippen LogP contribution in [-0.2, 0) is 14.3 Å². The van der Waals surface area contributed by atoms with Gasteiger partial charge in [0.25, 0.3) is 5.91 Å². The molecule has 0 radical (unpaired) electrons. The van der Waals surface area contributed by atoms with Gasteiger partial charge in [-0.1, -0.05) is 5.76 Å². The summed E-state index contributed by atoms with van der Waals surface area (Å²) in [6, 6.07) is 2.59. The van der Waals surface area contributed by atoms with Gasteiger partial charge in [0.2, 0.25) is 5.78 Å². The van der Waals surface area contributed by atoms with Crippen LogP contribution in [0.1, 0.15) is 45.3 Å². The van der Waals surface area contributed by atoms with Crippen molar-refractivity contribution < 1.29 is 29.1 Å². The molecule has 0 bridgehead atoms. The summed E-state index contributed by atoms with van der Waals surface area (Å²) in [6.45, 7) is 4.41. The lowest BCUT2D eigenvalue weighted by Crippen LogP contribution is -3.05. The van der Waals surface area contributed by atoms with Gasteiger partial charge in [-0.3, -0.25) is 14.6 Å². The van der Waals surface area contributed by atoms with Gasteiger partial charge in [0.1, 0.15) is 5.69 Å². The lowest BCUT2D eigenvalue weighted by atomic mass is 9.94. The van der Waals surface area contributed by atoms with Gasteiger partial charge in [0, 0.05) is 36.6 Å². The lowest BCUT2D eigenvalue weighted by molar-refractivity contribution is -0.858. The van der Waals surface area contributed by atoms with E-state index in [1.165, 1.54) is 16.9 Å². The summed E-state index contributed by atoms with van der Waals surface area (Å²) >= 11 is 0. The highest BCUT2D eigenvalue weighted by Crippen LogP contribution is 2.39. The molecule has 1 unspecified atom stereocenters. The third kappa shape index (κ3) is 4.16. The Kier molecular flexibility index (Phi) is 6.78. The lowest BCUT2D eigenvalue weighted by Gasteiger charge is -2.27. The second kappa shape index (κ2) is 9.35. The number of carbonyl (C=O) groups excluding carboxylic acids is 3. The predicted octanol–water partition coefficient (Wildman–Crippen LogP) is -0.428. The smallest absolute Gasteiger partial charge is 0.354 e. The van der Waals surface area contributed by atoms with Crippen molar-refractivity contribution in [2.75, 3.05) is 34.3 Å². The average molecular weight is 441 g/mol. The number of pyridine rings is 1. The summed E-state index contributed by atoms with van der Waals surface area (Å²) in [5.41, 5.74) is 1.70. The molecule has 3 heterocycles. The highest BCUT2D eigenvalue weighted by Gasteiger charge is 2.44. The first-order valence-corrected chi connectivity index (χ1v) is 10.4. The van der Waals surface area contributed by atoms with Crippen molar-refractivity contribution in [2.45, 2.75) is 26.3 Å². The molecule has 0 aromatic carbocycles. The van der Waals surface area contributed by atoms with Crippen LogP contribution in [-0.4, -0.2) is 66.8 Å². The Bertz CT molecular complexity index is 1070. The van der Waals surface area contributed by atoms with E-state index in [0.29, 0.717) is 29.8 Å². The number of esters is 1. The van der Waals surface area contributed by atoms with E-state index in [1.54, 1.807) is 38.4 Å². The molecule has 1 saturated heterocycles. The number of rotatable bonds is 7. The number of Topliss-reactive ketones (excluding diaryl/α,β-unsaturated/α-hetero) is 1. The average Bonchev–Trinajstić information content (AvgIpc) is 3.20. The molecule has 3 rings (SSSR count). The van der Waals surface area contributed by atoms with Gasteiger partial charge in [-0.15, -0.1) is 0 Å². The van der Waals surface area contributed by atoms with Crippen LogP contribution in [0.5, 0.6) is 0 Å². The maximum absolute atomic E-state index is 13.7. The van der Waals surface area contributed by atoms with Gasteiger partial charge in [0.15, 0.2) is 0 Å². The summed E-state index contributed by atoms with van der Waals surface area (Å²) in [4.78, 5) is 47.6. The Labute approximate surface area is 186 Å². The van der Waals surface area contributed by atoms with Gasteiger partial charge in [0.05, 0.1) is 33.8 Å². The zero-order valence-electron chi connectivity index (χ0n) is 18.9. The fraction of sp³-hybridized carbons (Fsp3) is 0.391. The summed E-state index contributed by atoms with van der Waals surface area (Å²) in [5.74, 6) is -2.68. The van der Waals surface area contributed by atoms with Crippen molar-refractivity contribution in [3.63, 3.8) is 0 Å². The molecule has 9 nitrogen and oxygen atoms in total. The zero-order valence-corrected chi connectivity index (χ0v) is 18.9. The number of ketones is 1. The van der Waals surface area contributed by atoms with Crippen molar-refractivity contribution in [3.8, 4) is 0 Å². The number of nitrogens with zero attached hydrogens (tertiary/aromatic N) is 2. The van der Waals surface area contributed by atoms with E-state index in [-0.39, 0.29) is 16.8 Å². The number of quaternary nitrogens is 1. The Morgan fingerprint density at radius 2 is 1.91 bits per heavy atom. The fourth-order valence-corrected chi connectivity index (χ4v) is 4.13. The SMILES string of the molecule is COC(=O)c1[nH]c(C)c(C([O-])=C2C(=O)C(=O)N(CCC[NH+](C)C)C2c2ccncc2)c1C. The molecule has 9 heteroatoms. The van der Waals surface area contributed by atoms with Gasteiger partial charge < -0.3 is 24.6 Å². The first kappa shape index (κ1) is 23.2. The Morgan fingerprint density at radius 1 is 1.25 bits per heavy atom. The van der Waals surface area contributed by atoms with Crippen molar-refractivity contribution in [1.29, 1.82) is 0 Å². The number of aromatic nitrogens is 2. The number of methoxy groups -OCH3 is 1. The molecule has 170 valence electrons. The van der Waals surface area contributed by atoms with Crippen molar-refractivity contribution in [2.24, 2.45) is 0 Å². The van der Waals surface area contributed by atoms with Gasteiger partial charge in [-0.05, 0) is 42.7 Å². The van der Waals surface area contributed by atoms with E-state index in [1.807, 2.05) is 14.1 Å². The first-order chi connectivity index (χ1) is 15.2. The van der Waals surface area contributed by atoms with Crippen LogP contribution in [0.15, 0.2) is 30.1 Å². The van der Waals surface area contributed by atoms with E-state index in [0.717, 1.165) is 6.54 Å². The molecule has 0 spiro atoms. The molecule has 0 aliphatic carbocycles. The number of amides is 1. The number of likely N-dealkylation sites (tertiary alicyclic amines) is 1. The van der Waals surface area contributed by atoms with E-state index in [4.69, 9.17) is 4.74 Å². The number of ether oxygens (including phenoxy) is 1. The number of aryl methyl sites for hydroxylation is 1. The van der Waals surface area contributed by atoms with E-state index < -0.39 is 29.5 Å². The molecule has 1 amide bonds. The van der Waals surface area contributed by atoms with Crippen molar-refractivity contribution in [1.82, 2.24) is 14.9 Å². The number of H-pyrrole nitrogens is 1. The quantitative estimate of drug-likeness (QED) is 0.261. The molecule has 2 aromatic rings. The highest BCUT2D eigenvalue weighted by molar-refractivity contribution is 6.46. The molecular weight excluding hydrogens is 412 g/mol. The third-order valence-corrected chi connectivity index (χ3v) is 5.68. The van der Waals surface area contributed by atoms with Crippen LogP contribution in [0, 0.1) is 13.8 Å². The van der Waals surface area contributed by atoms with E-state index in [2.05, 4.69) is 9.97 Å². The van der Waals surface area contributed by atoms with Crippen molar-refractivity contribution >= 4 is 23.4 Å². The number of nitrogens with one attached hydrogen (secondary N) is 2. The summed E-state index contributed by atoms with van der Waals surface area (Å²) in [7, 11) is 5.27. The number of hydrogen-bond donors (Lipinski definition) is 2. The molecular formula is C23H28N4O5. The van der Waals surface area contributed by atoms with Gasteiger partial charge >= 0.3 is 5.97 Å². The standard InChI is InChI=1S/C23H28N4O5/c1-13-16(14(2)25-18(13)23(31)32-5)20(28)17-19(15-7-9-24-10-8-15)27(22(30)21(17)29)12-6-11-26(3)4/h7-10,19,25,28H,6,11-12H2,1-5H3. The molecule has 2 aromatic heterocycles. The number of hydrogen-bond acceptors (Lipinski definition) is 6. The maximum atomic E-state index is 13.7. The number of aromatic amines is 1. The van der Waals surface area contributed by atoms with Crippen LogP contribution < -0.4 is 10.0 Å².